The van der Waals surface area contributed by atoms with Crippen molar-refractivity contribution in [3.05, 3.63) is 22.7 Å². The Kier molecular flexibility index (Phi) is 5.44. The van der Waals surface area contributed by atoms with Crippen LogP contribution in [-0.4, -0.2) is 36.7 Å². The zero-order chi connectivity index (χ0) is 15.2. The number of nitrogens with one attached hydrogen (secondary N) is 2. The van der Waals surface area contributed by atoms with E-state index in [2.05, 4.69) is 31.5 Å². The summed E-state index contributed by atoms with van der Waals surface area (Å²) in [5.74, 6) is -0.935. The number of carbonyl (C=O) groups excluding carboxylic acids is 1. The summed E-state index contributed by atoms with van der Waals surface area (Å²) in [6, 6.07) is 5.38. The van der Waals surface area contributed by atoms with E-state index in [0.29, 0.717) is 0 Å². The van der Waals surface area contributed by atoms with Crippen LogP contribution in [0.15, 0.2) is 22.7 Å². The van der Waals surface area contributed by atoms with Gasteiger partial charge >= 0.3 is 12.0 Å². The first-order chi connectivity index (χ1) is 10.1. The highest BCUT2D eigenvalue weighted by Crippen LogP contribution is 2.31. The third-order valence-corrected chi connectivity index (χ3v) is 3.77. The van der Waals surface area contributed by atoms with Crippen molar-refractivity contribution >= 4 is 39.3 Å². The Morgan fingerprint density at radius 2 is 2.00 bits per heavy atom. The average Bonchev–Trinajstić information content (AvgIpc) is 2.92. The molecule has 21 heavy (non-hydrogen) atoms. The van der Waals surface area contributed by atoms with Gasteiger partial charge in [-0.3, -0.25) is 4.79 Å². The van der Waals surface area contributed by atoms with Crippen molar-refractivity contribution in [3.63, 3.8) is 0 Å². The fraction of sp³-hybridized carbons (Fsp3) is 0.429. The van der Waals surface area contributed by atoms with Gasteiger partial charge in [-0.1, -0.05) is 15.9 Å². The maximum absolute atomic E-state index is 11.8. The van der Waals surface area contributed by atoms with Gasteiger partial charge in [-0.05, 0) is 31.0 Å². The van der Waals surface area contributed by atoms with Crippen LogP contribution in [0.2, 0.25) is 0 Å². The van der Waals surface area contributed by atoms with Gasteiger partial charge in [0.15, 0.2) is 0 Å². The highest BCUT2D eigenvalue weighted by Gasteiger charge is 2.17. The predicted octanol–water partition coefficient (Wildman–Crippen LogP) is 2.65. The second-order valence-corrected chi connectivity index (χ2v) is 5.80. The number of benzene rings is 1. The van der Waals surface area contributed by atoms with Gasteiger partial charge in [-0.2, -0.15) is 0 Å². The lowest BCUT2D eigenvalue weighted by Crippen LogP contribution is -2.31. The number of carboxylic acid groups (broad SMARTS) is 1. The Hall–Kier alpha value is -1.76. The molecule has 2 amide bonds. The van der Waals surface area contributed by atoms with E-state index in [4.69, 9.17) is 5.11 Å². The van der Waals surface area contributed by atoms with Crippen molar-refractivity contribution in [1.29, 1.82) is 0 Å². The summed E-state index contributed by atoms with van der Waals surface area (Å²) in [6.07, 6.45) is 2.21. The number of carboxylic acids is 1. The molecule has 114 valence electrons. The maximum Gasteiger partial charge on any atom is 0.319 e. The molecule has 2 rings (SSSR count). The second kappa shape index (κ2) is 7.31. The van der Waals surface area contributed by atoms with E-state index in [1.165, 1.54) is 0 Å². The first-order valence-electron chi connectivity index (χ1n) is 6.87. The molecule has 1 aliphatic heterocycles. The lowest BCUT2D eigenvalue weighted by Gasteiger charge is -2.22. The van der Waals surface area contributed by atoms with Gasteiger partial charge in [-0.25, -0.2) is 4.79 Å². The van der Waals surface area contributed by atoms with Crippen molar-refractivity contribution in [2.45, 2.75) is 19.3 Å². The minimum atomic E-state index is -0.935. The molecule has 1 aromatic rings. The number of hydrogen-bond donors (Lipinski definition) is 3. The minimum absolute atomic E-state index is 0.0924. The largest absolute Gasteiger partial charge is 0.481 e. The molecular weight excluding hydrogens is 338 g/mol. The Morgan fingerprint density at radius 1 is 1.29 bits per heavy atom. The second-order valence-electron chi connectivity index (χ2n) is 4.88. The van der Waals surface area contributed by atoms with Crippen molar-refractivity contribution in [1.82, 2.24) is 5.32 Å². The fourth-order valence-corrected chi connectivity index (χ4v) is 2.65. The molecular formula is C14H18BrN3O3. The third kappa shape index (κ3) is 4.63. The van der Waals surface area contributed by atoms with Gasteiger partial charge in [0.25, 0.3) is 0 Å². The minimum Gasteiger partial charge on any atom is -0.481 e. The molecule has 0 atom stereocenters. The fourth-order valence-electron chi connectivity index (χ4n) is 2.29. The summed E-state index contributed by atoms with van der Waals surface area (Å²) in [5.41, 5.74) is 1.71. The molecule has 1 saturated heterocycles. The van der Waals surface area contributed by atoms with E-state index in [0.717, 1.165) is 41.8 Å². The molecule has 1 heterocycles. The summed E-state index contributed by atoms with van der Waals surface area (Å²) >= 11 is 3.40. The number of carbonyl (C=O) groups is 2. The Balaban J connectivity index is 2.02. The molecule has 0 bridgehead atoms. The molecule has 0 unspecified atom stereocenters. The molecule has 0 aromatic heterocycles. The van der Waals surface area contributed by atoms with Crippen LogP contribution in [0.5, 0.6) is 0 Å². The summed E-state index contributed by atoms with van der Waals surface area (Å²) in [5, 5.41) is 13.9. The zero-order valence-corrected chi connectivity index (χ0v) is 13.1. The molecule has 1 aliphatic rings. The van der Waals surface area contributed by atoms with Gasteiger partial charge in [0.1, 0.15) is 0 Å². The topological polar surface area (TPSA) is 81.7 Å². The van der Waals surface area contributed by atoms with Gasteiger partial charge in [0.05, 0.1) is 17.8 Å². The third-order valence-electron chi connectivity index (χ3n) is 3.28. The first-order valence-corrected chi connectivity index (χ1v) is 7.67. The number of aliphatic carboxylic acids is 1. The normalized spacial score (nSPS) is 14.0. The molecule has 6 nitrogen and oxygen atoms in total. The van der Waals surface area contributed by atoms with Crippen molar-refractivity contribution in [3.8, 4) is 0 Å². The lowest BCUT2D eigenvalue weighted by atomic mass is 10.2. The van der Waals surface area contributed by atoms with Gasteiger partial charge < -0.3 is 20.6 Å². The Bertz CT molecular complexity index is 530. The van der Waals surface area contributed by atoms with E-state index < -0.39 is 12.0 Å². The quantitative estimate of drug-likeness (QED) is 0.758. The van der Waals surface area contributed by atoms with E-state index in [1.807, 2.05) is 18.2 Å². The monoisotopic (exact) mass is 355 g/mol. The lowest BCUT2D eigenvalue weighted by molar-refractivity contribution is -0.136. The summed E-state index contributed by atoms with van der Waals surface area (Å²) in [7, 11) is 0. The van der Waals surface area contributed by atoms with Crippen LogP contribution < -0.4 is 15.5 Å². The van der Waals surface area contributed by atoms with E-state index >= 15 is 0 Å². The van der Waals surface area contributed by atoms with Crippen molar-refractivity contribution < 1.29 is 14.7 Å². The maximum atomic E-state index is 11.8. The van der Waals surface area contributed by atoms with Crippen LogP contribution in [0.25, 0.3) is 0 Å². The smallest absolute Gasteiger partial charge is 0.319 e. The number of nitrogens with zero attached hydrogens (tertiary/aromatic N) is 1. The predicted molar refractivity (Wildman–Crippen MR) is 84.9 cm³/mol. The number of rotatable bonds is 5. The van der Waals surface area contributed by atoms with Crippen LogP contribution in [0, 0.1) is 0 Å². The Labute approximate surface area is 131 Å². The first kappa shape index (κ1) is 15.6. The standard InChI is InChI=1S/C14H18BrN3O3/c15-10-3-4-12(18-7-1-2-8-18)11(9-10)17-14(21)16-6-5-13(19)20/h3-4,9H,1-2,5-8H2,(H,19,20)(H2,16,17,21). The molecule has 0 radical (unpaired) electrons. The molecule has 0 aliphatic carbocycles. The summed E-state index contributed by atoms with van der Waals surface area (Å²) in [6.45, 7) is 2.07. The van der Waals surface area contributed by atoms with Crippen LogP contribution in [0.1, 0.15) is 19.3 Å². The Morgan fingerprint density at radius 3 is 2.67 bits per heavy atom. The van der Waals surface area contributed by atoms with Gasteiger partial charge in [0.2, 0.25) is 0 Å². The number of hydrogen-bond acceptors (Lipinski definition) is 3. The van der Waals surface area contributed by atoms with Crippen LogP contribution in [-0.2, 0) is 4.79 Å². The summed E-state index contributed by atoms with van der Waals surface area (Å²) in [4.78, 5) is 24.5. The molecule has 0 saturated carbocycles. The number of anilines is 2. The number of urea groups is 1. The van der Waals surface area contributed by atoms with Crippen LogP contribution in [0.4, 0.5) is 16.2 Å². The number of amides is 2. The number of halogens is 1. The molecule has 7 heteroatoms. The summed E-state index contributed by atoms with van der Waals surface area (Å²) < 4.78 is 0.881. The highest BCUT2D eigenvalue weighted by molar-refractivity contribution is 9.10. The van der Waals surface area contributed by atoms with Crippen LogP contribution >= 0.6 is 15.9 Å². The molecule has 1 aromatic carbocycles. The molecule has 0 spiro atoms. The van der Waals surface area contributed by atoms with Crippen molar-refractivity contribution in [2.24, 2.45) is 0 Å². The molecule has 1 fully saturated rings. The zero-order valence-electron chi connectivity index (χ0n) is 11.6. The van der Waals surface area contributed by atoms with Crippen molar-refractivity contribution in [2.75, 3.05) is 29.9 Å². The van der Waals surface area contributed by atoms with Gasteiger partial charge in [0, 0.05) is 24.1 Å². The van der Waals surface area contributed by atoms with E-state index in [-0.39, 0.29) is 13.0 Å². The average molecular weight is 356 g/mol. The van der Waals surface area contributed by atoms with E-state index in [9.17, 15) is 9.59 Å². The SMILES string of the molecule is O=C(O)CCNC(=O)Nc1cc(Br)ccc1N1CCCC1. The van der Waals surface area contributed by atoms with E-state index in [1.54, 1.807) is 0 Å². The van der Waals surface area contributed by atoms with Crippen LogP contribution in [0.3, 0.4) is 0 Å². The van der Waals surface area contributed by atoms with Gasteiger partial charge in [-0.15, -0.1) is 0 Å². The molecule has 3 N–H and O–H groups in total. The highest BCUT2D eigenvalue weighted by atomic mass is 79.9.